The van der Waals surface area contributed by atoms with Gasteiger partial charge < -0.3 is 11.5 Å². The topological polar surface area (TPSA) is 97.2 Å². The fraction of sp³-hybridized carbons (Fsp3) is 0. The highest BCUT2D eigenvalue weighted by molar-refractivity contribution is 6.28. The second-order valence-electron chi connectivity index (χ2n) is 7.73. The SMILES string of the molecule is Nc1ccc(N(c2ccccc2)c2nc(Cl)nc(N(c3ccccc3)c3ccc(N)cc3)n2)cc1. The molecule has 1 heterocycles. The Morgan fingerprint density at radius 3 is 1.17 bits per heavy atom. The molecule has 7 nitrogen and oxygen atoms in total. The predicted octanol–water partition coefficient (Wildman–Crippen LogP) is 6.63. The molecule has 35 heavy (non-hydrogen) atoms. The van der Waals surface area contributed by atoms with Crippen molar-refractivity contribution < 1.29 is 0 Å². The van der Waals surface area contributed by atoms with Gasteiger partial charge in [-0.05, 0) is 84.4 Å². The van der Waals surface area contributed by atoms with Crippen LogP contribution in [-0.4, -0.2) is 15.0 Å². The van der Waals surface area contributed by atoms with Gasteiger partial charge in [-0.25, -0.2) is 0 Å². The fourth-order valence-electron chi connectivity index (χ4n) is 3.69. The molecule has 0 atom stereocenters. The highest BCUT2D eigenvalue weighted by atomic mass is 35.5. The minimum absolute atomic E-state index is 0.0674. The molecular weight excluding hydrogens is 458 g/mol. The van der Waals surface area contributed by atoms with Crippen molar-refractivity contribution in [3.63, 3.8) is 0 Å². The fourth-order valence-corrected chi connectivity index (χ4v) is 3.84. The third-order valence-corrected chi connectivity index (χ3v) is 5.48. The molecule has 1 aromatic heterocycles. The van der Waals surface area contributed by atoms with Crippen LogP contribution in [0.4, 0.5) is 46.0 Å². The summed E-state index contributed by atoms with van der Waals surface area (Å²) in [5.41, 5.74) is 16.6. The van der Waals surface area contributed by atoms with Gasteiger partial charge in [0.25, 0.3) is 0 Å². The summed E-state index contributed by atoms with van der Waals surface area (Å²) < 4.78 is 0. The smallest absolute Gasteiger partial charge is 0.240 e. The van der Waals surface area contributed by atoms with E-state index in [0.717, 1.165) is 22.7 Å². The van der Waals surface area contributed by atoms with E-state index in [1.807, 2.05) is 119 Å². The van der Waals surface area contributed by atoms with Crippen LogP contribution >= 0.6 is 11.6 Å². The molecule has 5 aromatic rings. The summed E-state index contributed by atoms with van der Waals surface area (Å²) in [4.78, 5) is 17.6. The van der Waals surface area contributed by atoms with Gasteiger partial charge in [0.05, 0.1) is 0 Å². The van der Waals surface area contributed by atoms with Crippen molar-refractivity contribution in [2.75, 3.05) is 21.3 Å². The summed E-state index contributed by atoms with van der Waals surface area (Å²) in [6, 6.07) is 34.6. The molecule has 172 valence electrons. The minimum atomic E-state index is 0.0674. The molecule has 0 bridgehead atoms. The molecule has 0 unspecified atom stereocenters. The minimum Gasteiger partial charge on any atom is -0.399 e. The number of benzene rings is 4. The van der Waals surface area contributed by atoms with Crippen LogP contribution in [0.2, 0.25) is 5.28 Å². The number of para-hydroxylation sites is 2. The van der Waals surface area contributed by atoms with E-state index in [0.29, 0.717) is 23.3 Å². The Morgan fingerprint density at radius 2 is 0.800 bits per heavy atom. The number of rotatable bonds is 6. The van der Waals surface area contributed by atoms with Crippen LogP contribution in [0, 0.1) is 0 Å². The van der Waals surface area contributed by atoms with E-state index in [-0.39, 0.29) is 5.28 Å². The maximum atomic E-state index is 6.48. The third kappa shape index (κ3) is 4.85. The molecule has 0 spiro atoms. The predicted molar refractivity (Wildman–Crippen MR) is 143 cm³/mol. The average molecular weight is 480 g/mol. The lowest BCUT2D eigenvalue weighted by Crippen LogP contribution is -2.18. The van der Waals surface area contributed by atoms with E-state index in [4.69, 9.17) is 28.1 Å². The molecule has 0 radical (unpaired) electrons. The number of nitrogens with two attached hydrogens (primary N) is 2. The van der Waals surface area contributed by atoms with Crippen LogP contribution in [-0.2, 0) is 0 Å². The first-order valence-electron chi connectivity index (χ1n) is 10.9. The quantitative estimate of drug-likeness (QED) is 0.264. The van der Waals surface area contributed by atoms with Gasteiger partial charge >= 0.3 is 0 Å². The second kappa shape index (κ2) is 9.70. The van der Waals surface area contributed by atoms with E-state index in [1.165, 1.54) is 0 Å². The van der Waals surface area contributed by atoms with Crippen molar-refractivity contribution in [1.82, 2.24) is 15.0 Å². The standard InChI is InChI=1S/C27H22ClN7/c28-25-31-26(34(21-7-3-1-4-8-21)23-15-11-19(29)12-16-23)33-27(32-25)35(22-9-5-2-6-10-22)24-17-13-20(30)14-18-24/h1-18H,29-30H2. The summed E-state index contributed by atoms with van der Waals surface area (Å²) >= 11 is 6.48. The van der Waals surface area contributed by atoms with Gasteiger partial charge in [0.1, 0.15) is 0 Å². The summed E-state index contributed by atoms with van der Waals surface area (Å²) in [6.45, 7) is 0. The Labute approximate surface area is 208 Å². The number of anilines is 8. The van der Waals surface area contributed by atoms with Gasteiger partial charge in [-0.15, -0.1) is 0 Å². The molecule has 0 fully saturated rings. The normalized spacial score (nSPS) is 10.7. The monoisotopic (exact) mass is 479 g/mol. The zero-order valence-corrected chi connectivity index (χ0v) is 19.4. The zero-order valence-electron chi connectivity index (χ0n) is 18.7. The first-order chi connectivity index (χ1) is 17.1. The van der Waals surface area contributed by atoms with Crippen LogP contribution in [0.3, 0.4) is 0 Å². The molecule has 4 aromatic carbocycles. The van der Waals surface area contributed by atoms with Crippen molar-refractivity contribution in [2.24, 2.45) is 0 Å². The lowest BCUT2D eigenvalue weighted by Gasteiger charge is -2.26. The number of hydrogen-bond donors (Lipinski definition) is 2. The maximum absolute atomic E-state index is 6.48. The van der Waals surface area contributed by atoms with Crippen molar-refractivity contribution >= 4 is 57.6 Å². The van der Waals surface area contributed by atoms with Crippen LogP contribution in [0.15, 0.2) is 109 Å². The average Bonchev–Trinajstić information content (AvgIpc) is 2.88. The van der Waals surface area contributed by atoms with Crippen LogP contribution in [0.25, 0.3) is 0 Å². The summed E-state index contributed by atoms with van der Waals surface area (Å²) in [5.74, 6) is 0.736. The van der Waals surface area contributed by atoms with E-state index in [1.54, 1.807) is 0 Å². The maximum Gasteiger partial charge on any atom is 0.240 e. The molecule has 0 aliphatic rings. The molecule has 4 N–H and O–H groups in total. The van der Waals surface area contributed by atoms with Crippen molar-refractivity contribution in [3.05, 3.63) is 114 Å². The van der Waals surface area contributed by atoms with Crippen LogP contribution < -0.4 is 21.3 Å². The van der Waals surface area contributed by atoms with Crippen molar-refractivity contribution in [2.45, 2.75) is 0 Å². The Bertz CT molecular complexity index is 1300. The molecule has 0 saturated carbocycles. The highest BCUT2D eigenvalue weighted by Crippen LogP contribution is 2.37. The Hall–Kier alpha value is -4.62. The van der Waals surface area contributed by atoms with Gasteiger partial charge in [-0.1, -0.05) is 36.4 Å². The molecular formula is C27H22ClN7. The lowest BCUT2D eigenvalue weighted by molar-refractivity contribution is 0.982. The largest absolute Gasteiger partial charge is 0.399 e. The van der Waals surface area contributed by atoms with E-state index < -0.39 is 0 Å². The number of halogens is 1. The number of aromatic nitrogens is 3. The molecule has 0 saturated heterocycles. The first kappa shape index (κ1) is 22.2. The summed E-state index contributed by atoms with van der Waals surface area (Å²) in [6.07, 6.45) is 0. The van der Waals surface area contributed by atoms with Gasteiger partial charge in [-0.2, -0.15) is 15.0 Å². The van der Waals surface area contributed by atoms with Crippen molar-refractivity contribution in [3.8, 4) is 0 Å². The Morgan fingerprint density at radius 1 is 0.457 bits per heavy atom. The second-order valence-corrected chi connectivity index (χ2v) is 8.07. The first-order valence-corrected chi connectivity index (χ1v) is 11.3. The molecule has 8 heteroatoms. The number of nitrogens with zero attached hydrogens (tertiary/aromatic N) is 5. The van der Waals surface area contributed by atoms with Crippen LogP contribution in [0.1, 0.15) is 0 Å². The van der Waals surface area contributed by atoms with Crippen molar-refractivity contribution in [1.29, 1.82) is 0 Å². The Kier molecular flexibility index (Phi) is 6.15. The van der Waals surface area contributed by atoms with Crippen LogP contribution in [0.5, 0.6) is 0 Å². The molecule has 0 amide bonds. The molecule has 5 rings (SSSR count). The van der Waals surface area contributed by atoms with Gasteiger partial charge in [0, 0.05) is 34.1 Å². The molecule has 0 aliphatic carbocycles. The highest BCUT2D eigenvalue weighted by Gasteiger charge is 2.22. The zero-order chi connectivity index (χ0) is 24.2. The third-order valence-electron chi connectivity index (χ3n) is 5.32. The lowest BCUT2D eigenvalue weighted by atomic mass is 10.2. The Balaban J connectivity index is 1.69. The summed E-state index contributed by atoms with van der Waals surface area (Å²) in [5, 5.41) is 0.0674. The van der Waals surface area contributed by atoms with Gasteiger partial charge in [0.2, 0.25) is 17.2 Å². The van der Waals surface area contributed by atoms with E-state index in [2.05, 4.69) is 9.97 Å². The molecule has 0 aliphatic heterocycles. The van der Waals surface area contributed by atoms with Gasteiger partial charge in [0.15, 0.2) is 0 Å². The van der Waals surface area contributed by atoms with E-state index in [9.17, 15) is 0 Å². The summed E-state index contributed by atoms with van der Waals surface area (Å²) in [7, 11) is 0. The number of hydrogen-bond acceptors (Lipinski definition) is 7. The number of nitrogen functional groups attached to an aromatic ring is 2. The van der Waals surface area contributed by atoms with E-state index >= 15 is 0 Å². The van der Waals surface area contributed by atoms with Gasteiger partial charge in [-0.3, -0.25) is 9.80 Å².